The molecule has 0 aromatic heterocycles. The molecule has 0 saturated heterocycles. The molecule has 0 aliphatic heterocycles. The highest BCUT2D eigenvalue weighted by Crippen LogP contribution is 2.62. The highest BCUT2D eigenvalue weighted by Gasteiger charge is 2.52. The van der Waals surface area contributed by atoms with Crippen LogP contribution in [0.5, 0.6) is 11.5 Å². The van der Waals surface area contributed by atoms with Crippen molar-refractivity contribution in [3.8, 4) is 11.5 Å². The van der Waals surface area contributed by atoms with Crippen molar-refractivity contribution >= 4 is 17.4 Å². The summed E-state index contributed by atoms with van der Waals surface area (Å²) in [5.41, 5.74) is 3.06. The van der Waals surface area contributed by atoms with Crippen molar-refractivity contribution in [1.29, 1.82) is 0 Å². The number of allylic oxidation sites excluding steroid dienone is 1. The van der Waals surface area contributed by atoms with Gasteiger partial charge < -0.3 is 24.6 Å². The lowest BCUT2D eigenvalue weighted by Crippen LogP contribution is -2.48. The van der Waals surface area contributed by atoms with Crippen LogP contribution in [0.1, 0.15) is 77.3 Å². The van der Waals surface area contributed by atoms with Crippen molar-refractivity contribution in [2.75, 3.05) is 13.9 Å². The van der Waals surface area contributed by atoms with E-state index in [0.29, 0.717) is 22.4 Å². The fourth-order valence-electron chi connectivity index (χ4n) is 7.76. The maximum Gasteiger partial charge on any atom is 0.255 e. The highest BCUT2D eigenvalue weighted by molar-refractivity contribution is 6.11. The Morgan fingerprint density at radius 2 is 1.53 bits per heavy atom. The number of benzene rings is 3. The lowest BCUT2D eigenvalue weighted by atomic mass is 9.48. The molecule has 2 N–H and O–H groups in total. The second-order valence-electron chi connectivity index (χ2n) is 12.4. The van der Waals surface area contributed by atoms with Gasteiger partial charge in [-0.15, -0.1) is 0 Å². The molecule has 0 radical (unpaired) electrons. The molecule has 7 nitrogen and oxygen atoms in total. The summed E-state index contributed by atoms with van der Waals surface area (Å²) in [6.07, 6.45) is 8.35. The van der Waals surface area contributed by atoms with E-state index in [0.717, 1.165) is 48.3 Å². The number of hydrogen-bond donors (Lipinski definition) is 2. The van der Waals surface area contributed by atoms with E-state index in [-0.39, 0.29) is 29.6 Å². The first-order chi connectivity index (χ1) is 20.8. The number of methoxy groups -OCH3 is 1. The number of carbonyl (C=O) groups excluding carboxylic acids is 2. The van der Waals surface area contributed by atoms with Crippen LogP contribution in [-0.4, -0.2) is 37.0 Å². The minimum Gasteiger partial charge on any atom is -0.508 e. The van der Waals surface area contributed by atoms with Crippen molar-refractivity contribution in [2.24, 2.45) is 17.8 Å². The molecule has 4 aliphatic rings. The number of carbonyl (C=O) groups is 2. The lowest BCUT2D eigenvalue weighted by molar-refractivity contribution is -0.150. The summed E-state index contributed by atoms with van der Waals surface area (Å²) < 4.78 is 17.0. The van der Waals surface area contributed by atoms with Crippen molar-refractivity contribution in [3.05, 3.63) is 101 Å². The van der Waals surface area contributed by atoms with E-state index in [9.17, 15) is 14.7 Å². The zero-order chi connectivity index (χ0) is 30.0. The van der Waals surface area contributed by atoms with Crippen LogP contribution in [0.15, 0.2) is 78.9 Å². The number of ether oxygens (including phenoxy) is 3. The predicted octanol–water partition coefficient (Wildman–Crippen LogP) is 6.86. The van der Waals surface area contributed by atoms with Gasteiger partial charge in [-0.25, -0.2) is 0 Å². The van der Waals surface area contributed by atoms with E-state index in [2.05, 4.69) is 5.32 Å². The van der Waals surface area contributed by atoms with E-state index >= 15 is 0 Å². The summed E-state index contributed by atoms with van der Waals surface area (Å²) in [5.74, 6) is 2.46. The maximum atomic E-state index is 13.9. The SMILES string of the molecule is COC(C)OCOc1ccc(C(=O)/C=C(/NC(=O)c2ccccc2)c2ccc(O)cc2)cc1C12CC3CC(CC(C3)C1)C2. The van der Waals surface area contributed by atoms with Crippen LogP contribution in [-0.2, 0) is 14.9 Å². The van der Waals surface area contributed by atoms with Gasteiger partial charge in [0, 0.05) is 29.9 Å². The van der Waals surface area contributed by atoms with Crippen LogP contribution < -0.4 is 10.1 Å². The summed E-state index contributed by atoms with van der Waals surface area (Å²) >= 11 is 0. The number of hydrogen-bond acceptors (Lipinski definition) is 6. The molecule has 7 rings (SSSR count). The molecular weight excluding hydrogens is 542 g/mol. The molecule has 1 unspecified atom stereocenters. The molecule has 1 atom stereocenters. The Labute approximate surface area is 252 Å². The molecule has 3 aromatic rings. The van der Waals surface area contributed by atoms with Gasteiger partial charge in [0.15, 0.2) is 18.9 Å². The van der Waals surface area contributed by atoms with Crippen molar-refractivity contribution < 1.29 is 28.9 Å². The van der Waals surface area contributed by atoms with E-state index in [1.807, 2.05) is 25.1 Å². The van der Waals surface area contributed by atoms with Crippen LogP contribution in [0.2, 0.25) is 0 Å². The normalized spacial score (nSPS) is 24.9. The quantitative estimate of drug-likeness (QED) is 0.146. The number of nitrogens with one attached hydrogen (secondary N) is 1. The number of phenols is 1. The summed E-state index contributed by atoms with van der Waals surface area (Å²) in [5, 5.41) is 12.8. The molecule has 0 spiro atoms. The molecular formula is C36H39NO6. The number of rotatable bonds is 11. The van der Waals surface area contributed by atoms with Gasteiger partial charge in [0.2, 0.25) is 0 Å². The second kappa shape index (κ2) is 12.3. The summed E-state index contributed by atoms with van der Waals surface area (Å²) in [6.45, 7) is 1.87. The molecule has 3 aromatic carbocycles. The Balaban J connectivity index is 1.34. The van der Waals surface area contributed by atoms with Crippen LogP contribution in [0.4, 0.5) is 0 Å². The van der Waals surface area contributed by atoms with Gasteiger partial charge in [-0.2, -0.15) is 0 Å². The van der Waals surface area contributed by atoms with Gasteiger partial charge in [0.05, 0.1) is 5.70 Å². The largest absolute Gasteiger partial charge is 0.508 e. The first-order valence-electron chi connectivity index (χ1n) is 15.2. The average Bonchev–Trinajstić information content (AvgIpc) is 3.00. The Kier molecular flexibility index (Phi) is 8.37. The standard InChI is InChI=1S/C36H39NO6/c1-23(41-2)42-22-43-34-13-10-29(17-31(34)36-19-24-14-25(20-36)16-26(15-24)21-36)33(39)18-32(27-8-11-30(38)12-9-27)37-35(40)28-6-4-3-5-7-28/h3-13,17-18,23-26,38H,14-16,19-22H2,1-2H3,(H,37,40)/b32-18+. The summed E-state index contributed by atoms with van der Waals surface area (Å²) in [6, 6.07) is 21.0. The van der Waals surface area contributed by atoms with E-state index in [4.69, 9.17) is 14.2 Å². The molecule has 4 aliphatic carbocycles. The van der Waals surface area contributed by atoms with Gasteiger partial charge >= 0.3 is 0 Å². The van der Waals surface area contributed by atoms with E-state index in [1.165, 1.54) is 37.5 Å². The fraction of sp³-hybridized carbons (Fsp3) is 0.389. The second-order valence-corrected chi connectivity index (χ2v) is 12.4. The van der Waals surface area contributed by atoms with E-state index < -0.39 is 6.29 Å². The number of aromatic hydroxyl groups is 1. The van der Waals surface area contributed by atoms with Gasteiger partial charge in [0.1, 0.15) is 11.5 Å². The van der Waals surface area contributed by atoms with Gasteiger partial charge in [-0.05, 0) is 129 Å². The van der Waals surface area contributed by atoms with Crippen LogP contribution in [0.25, 0.3) is 5.70 Å². The van der Waals surface area contributed by atoms with Gasteiger partial charge in [-0.1, -0.05) is 18.2 Å². The maximum absolute atomic E-state index is 13.9. The topological polar surface area (TPSA) is 94.1 Å². The van der Waals surface area contributed by atoms with E-state index in [1.54, 1.807) is 49.6 Å². The van der Waals surface area contributed by atoms with Crippen molar-refractivity contribution in [1.82, 2.24) is 5.32 Å². The lowest BCUT2D eigenvalue weighted by Gasteiger charge is -2.57. The zero-order valence-electron chi connectivity index (χ0n) is 24.8. The molecule has 4 bridgehead atoms. The number of amides is 1. The third-order valence-corrected chi connectivity index (χ3v) is 9.46. The molecule has 4 saturated carbocycles. The summed E-state index contributed by atoms with van der Waals surface area (Å²) in [7, 11) is 1.59. The Bertz CT molecular complexity index is 1460. The minimum atomic E-state index is -0.390. The highest BCUT2D eigenvalue weighted by atomic mass is 16.7. The minimum absolute atomic E-state index is 0.0156. The van der Waals surface area contributed by atoms with Crippen LogP contribution >= 0.6 is 0 Å². The third-order valence-electron chi connectivity index (χ3n) is 9.46. The van der Waals surface area contributed by atoms with Gasteiger partial charge in [0.25, 0.3) is 5.91 Å². The predicted molar refractivity (Wildman–Crippen MR) is 164 cm³/mol. The fourth-order valence-corrected chi connectivity index (χ4v) is 7.76. The third kappa shape index (κ3) is 6.38. The molecule has 43 heavy (non-hydrogen) atoms. The molecule has 4 fully saturated rings. The summed E-state index contributed by atoms with van der Waals surface area (Å²) in [4.78, 5) is 27.0. The first-order valence-corrected chi connectivity index (χ1v) is 15.2. The Morgan fingerprint density at radius 3 is 2.16 bits per heavy atom. The van der Waals surface area contributed by atoms with Crippen molar-refractivity contribution in [3.63, 3.8) is 0 Å². The smallest absolute Gasteiger partial charge is 0.255 e. The molecule has 224 valence electrons. The number of ketones is 1. The first kappa shape index (κ1) is 29.1. The van der Waals surface area contributed by atoms with Crippen molar-refractivity contribution in [2.45, 2.75) is 57.2 Å². The Morgan fingerprint density at radius 1 is 0.907 bits per heavy atom. The number of phenolic OH excluding ortho intramolecular Hbond substituents is 1. The van der Waals surface area contributed by atoms with Gasteiger partial charge in [-0.3, -0.25) is 9.59 Å². The average molecular weight is 582 g/mol. The molecule has 7 heteroatoms. The molecule has 0 heterocycles. The monoisotopic (exact) mass is 581 g/mol. The van der Waals surface area contributed by atoms with Crippen LogP contribution in [0.3, 0.4) is 0 Å². The Hall–Kier alpha value is -3.94. The zero-order valence-corrected chi connectivity index (χ0v) is 24.8. The van der Waals surface area contributed by atoms with Crippen LogP contribution in [0, 0.1) is 17.8 Å². The molecule has 1 amide bonds.